The SMILES string of the molecule is COC(=O)c1sc(-c2ccccc2)cc1NC1CCCCC1. The Labute approximate surface area is 135 Å². The molecule has 3 nitrogen and oxygen atoms in total. The first-order chi connectivity index (χ1) is 10.8. The van der Waals surface area contributed by atoms with Crippen LogP contribution >= 0.6 is 11.3 Å². The normalized spacial score (nSPS) is 15.5. The molecule has 0 saturated heterocycles. The quantitative estimate of drug-likeness (QED) is 0.812. The van der Waals surface area contributed by atoms with Crippen molar-refractivity contribution >= 4 is 23.0 Å². The first-order valence-corrected chi connectivity index (χ1v) is 8.63. The van der Waals surface area contributed by atoms with Crippen LogP contribution in [0.3, 0.4) is 0 Å². The number of benzene rings is 1. The molecule has 0 aliphatic heterocycles. The van der Waals surface area contributed by atoms with E-state index in [0.29, 0.717) is 10.9 Å². The lowest BCUT2D eigenvalue weighted by Crippen LogP contribution is -2.22. The van der Waals surface area contributed by atoms with Crippen LogP contribution in [-0.4, -0.2) is 19.1 Å². The highest BCUT2D eigenvalue weighted by atomic mass is 32.1. The third-order valence-corrected chi connectivity index (χ3v) is 5.29. The van der Waals surface area contributed by atoms with Gasteiger partial charge in [0.05, 0.1) is 12.8 Å². The van der Waals surface area contributed by atoms with Crippen LogP contribution in [0.4, 0.5) is 5.69 Å². The Bertz CT molecular complexity index is 630. The van der Waals surface area contributed by atoms with Gasteiger partial charge in [-0.25, -0.2) is 4.79 Å². The number of hydrogen-bond donors (Lipinski definition) is 1. The van der Waals surface area contributed by atoms with E-state index in [1.807, 2.05) is 18.2 Å². The number of thiophene rings is 1. The lowest BCUT2D eigenvalue weighted by atomic mass is 9.95. The Hall–Kier alpha value is -1.81. The van der Waals surface area contributed by atoms with Gasteiger partial charge in [0, 0.05) is 10.9 Å². The first-order valence-electron chi connectivity index (χ1n) is 7.82. The van der Waals surface area contributed by atoms with Crippen molar-refractivity contribution in [1.29, 1.82) is 0 Å². The summed E-state index contributed by atoms with van der Waals surface area (Å²) in [6.45, 7) is 0. The number of ether oxygens (including phenoxy) is 1. The molecule has 1 aromatic heterocycles. The number of carbonyl (C=O) groups is 1. The van der Waals surface area contributed by atoms with Crippen LogP contribution in [0.2, 0.25) is 0 Å². The molecular formula is C18H21NO2S. The van der Waals surface area contributed by atoms with Crippen molar-refractivity contribution in [2.45, 2.75) is 38.1 Å². The molecule has 0 radical (unpaired) electrons. The maximum Gasteiger partial charge on any atom is 0.350 e. The van der Waals surface area contributed by atoms with Crippen LogP contribution in [0.5, 0.6) is 0 Å². The summed E-state index contributed by atoms with van der Waals surface area (Å²) in [4.78, 5) is 13.8. The third kappa shape index (κ3) is 3.33. The predicted molar refractivity (Wildman–Crippen MR) is 91.6 cm³/mol. The van der Waals surface area contributed by atoms with E-state index in [1.165, 1.54) is 50.6 Å². The van der Waals surface area contributed by atoms with Crippen molar-refractivity contribution in [2.75, 3.05) is 12.4 Å². The zero-order valence-corrected chi connectivity index (χ0v) is 13.6. The fraction of sp³-hybridized carbons (Fsp3) is 0.389. The fourth-order valence-corrected chi connectivity index (χ4v) is 4.00. The van der Waals surface area contributed by atoms with Gasteiger partial charge in [-0.1, -0.05) is 49.6 Å². The minimum absolute atomic E-state index is 0.259. The molecule has 1 N–H and O–H groups in total. The molecular weight excluding hydrogens is 294 g/mol. The first kappa shape index (κ1) is 15.1. The highest BCUT2D eigenvalue weighted by molar-refractivity contribution is 7.18. The van der Waals surface area contributed by atoms with Crippen LogP contribution in [-0.2, 0) is 4.74 Å². The molecule has 1 aliphatic carbocycles. The Morgan fingerprint density at radius 2 is 1.91 bits per heavy atom. The molecule has 3 rings (SSSR count). The second-order valence-corrected chi connectivity index (χ2v) is 6.74. The maximum atomic E-state index is 12.1. The van der Waals surface area contributed by atoms with Crippen molar-refractivity contribution in [1.82, 2.24) is 0 Å². The molecule has 2 aromatic rings. The monoisotopic (exact) mass is 315 g/mol. The lowest BCUT2D eigenvalue weighted by molar-refractivity contribution is 0.0607. The van der Waals surface area contributed by atoms with Gasteiger partial charge in [-0.3, -0.25) is 0 Å². The zero-order valence-electron chi connectivity index (χ0n) is 12.8. The third-order valence-electron chi connectivity index (χ3n) is 4.13. The van der Waals surface area contributed by atoms with Crippen LogP contribution in [0.1, 0.15) is 41.8 Å². The summed E-state index contributed by atoms with van der Waals surface area (Å²) in [5.41, 5.74) is 2.05. The summed E-state index contributed by atoms with van der Waals surface area (Å²) in [7, 11) is 1.44. The predicted octanol–water partition coefficient (Wildman–Crippen LogP) is 4.95. The molecule has 0 bridgehead atoms. The maximum absolute atomic E-state index is 12.1. The van der Waals surface area contributed by atoms with Gasteiger partial charge in [0.25, 0.3) is 0 Å². The summed E-state index contributed by atoms with van der Waals surface area (Å²) in [6, 6.07) is 12.7. The van der Waals surface area contributed by atoms with E-state index in [0.717, 1.165) is 16.1 Å². The average molecular weight is 315 g/mol. The van der Waals surface area contributed by atoms with Crippen molar-refractivity contribution < 1.29 is 9.53 Å². The summed E-state index contributed by atoms with van der Waals surface area (Å²) < 4.78 is 4.95. The van der Waals surface area contributed by atoms with Gasteiger partial charge in [0.2, 0.25) is 0 Å². The number of rotatable bonds is 4. The van der Waals surface area contributed by atoms with E-state index in [2.05, 4.69) is 23.5 Å². The van der Waals surface area contributed by atoms with Gasteiger partial charge in [-0.2, -0.15) is 0 Å². The Morgan fingerprint density at radius 3 is 2.59 bits per heavy atom. The summed E-state index contributed by atoms with van der Waals surface area (Å²) >= 11 is 1.50. The van der Waals surface area contributed by atoms with Gasteiger partial charge in [0.1, 0.15) is 4.88 Å². The Morgan fingerprint density at radius 1 is 1.18 bits per heavy atom. The van der Waals surface area contributed by atoms with Crippen molar-refractivity contribution in [3.05, 3.63) is 41.3 Å². The molecule has 1 heterocycles. The van der Waals surface area contributed by atoms with Gasteiger partial charge in [-0.15, -0.1) is 11.3 Å². The molecule has 4 heteroatoms. The number of carbonyl (C=O) groups excluding carboxylic acids is 1. The zero-order chi connectivity index (χ0) is 15.4. The van der Waals surface area contributed by atoms with Crippen molar-refractivity contribution in [3.8, 4) is 10.4 Å². The number of esters is 1. The number of hydrogen-bond acceptors (Lipinski definition) is 4. The molecule has 1 fully saturated rings. The second kappa shape index (κ2) is 6.97. The molecule has 1 aromatic carbocycles. The molecule has 0 amide bonds. The molecule has 22 heavy (non-hydrogen) atoms. The highest BCUT2D eigenvalue weighted by Gasteiger charge is 2.21. The number of anilines is 1. The largest absolute Gasteiger partial charge is 0.465 e. The highest BCUT2D eigenvalue weighted by Crippen LogP contribution is 2.36. The van der Waals surface area contributed by atoms with E-state index in [1.54, 1.807) is 0 Å². The van der Waals surface area contributed by atoms with Gasteiger partial charge < -0.3 is 10.1 Å². The van der Waals surface area contributed by atoms with Crippen LogP contribution < -0.4 is 5.32 Å². The van der Waals surface area contributed by atoms with E-state index in [4.69, 9.17) is 4.74 Å². The summed E-state index contributed by atoms with van der Waals surface area (Å²) in [5.74, 6) is -0.259. The van der Waals surface area contributed by atoms with E-state index in [-0.39, 0.29) is 5.97 Å². The summed E-state index contributed by atoms with van der Waals surface area (Å²) in [6.07, 6.45) is 6.21. The molecule has 0 unspecified atom stereocenters. The van der Waals surface area contributed by atoms with Crippen molar-refractivity contribution in [3.63, 3.8) is 0 Å². The van der Waals surface area contributed by atoms with E-state index < -0.39 is 0 Å². The van der Waals surface area contributed by atoms with Gasteiger partial charge >= 0.3 is 5.97 Å². The van der Waals surface area contributed by atoms with Gasteiger partial charge in [-0.05, 0) is 24.5 Å². The molecule has 0 atom stereocenters. The summed E-state index contributed by atoms with van der Waals surface area (Å²) in [5, 5.41) is 3.56. The van der Waals surface area contributed by atoms with Crippen LogP contribution in [0.25, 0.3) is 10.4 Å². The van der Waals surface area contributed by atoms with E-state index in [9.17, 15) is 4.79 Å². The Kier molecular flexibility index (Phi) is 4.78. The van der Waals surface area contributed by atoms with Crippen LogP contribution in [0, 0.1) is 0 Å². The van der Waals surface area contributed by atoms with Crippen molar-refractivity contribution in [2.24, 2.45) is 0 Å². The second-order valence-electron chi connectivity index (χ2n) is 5.69. The molecule has 0 spiro atoms. The lowest BCUT2D eigenvalue weighted by Gasteiger charge is -2.23. The molecule has 1 aliphatic rings. The Balaban J connectivity index is 1.89. The van der Waals surface area contributed by atoms with Crippen LogP contribution in [0.15, 0.2) is 36.4 Å². The minimum atomic E-state index is -0.259. The smallest absolute Gasteiger partial charge is 0.350 e. The average Bonchev–Trinajstić information content (AvgIpc) is 3.00. The van der Waals surface area contributed by atoms with Gasteiger partial charge in [0.15, 0.2) is 0 Å². The van der Waals surface area contributed by atoms with E-state index >= 15 is 0 Å². The molecule has 1 saturated carbocycles. The minimum Gasteiger partial charge on any atom is -0.465 e. The number of methoxy groups -OCH3 is 1. The standard InChI is InChI=1S/C18H21NO2S/c1-21-18(20)17-15(19-14-10-6-3-7-11-14)12-16(22-17)13-8-4-2-5-9-13/h2,4-5,8-9,12,14,19H,3,6-7,10-11H2,1H3. The fourth-order valence-electron chi connectivity index (χ4n) is 2.95. The topological polar surface area (TPSA) is 38.3 Å². The molecule has 116 valence electrons. The number of nitrogens with one attached hydrogen (secondary N) is 1.